The van der Waals surface area contributed by atoms with E-state index in [0.29, 0.717) is 5.69 Å². The van der Waals surface area contributed by atoms with Crippen molar-refractivity contribution in [3.05, 3.63) is 53.5 Å². The number of anilines is 1. The van der Waals surface area contributed by atoms with Gasteiger partial charge < -0.3 is 10.1 Å². The summed E-state index contributed by atoms with van der Waals surface area (Å²) in [4.78, 5) is 4.26. The summed E-state index contributed by atoms with van der Waals surface area (Å²) in [7, 11) is 1.77. The Morgan fingerprint density at radius 1 is 1.37 bits per heavy atom. The Kier molecular flexibility index (Phi) is 3.94. The molecule has 2 rings (SSSR count). The molecule has 0 aliphatic rings. The summed E-state index contributed by atoms with van der Waals surface area (Å²) in [5.41, 5.74) is 0.954. The van der Waals surface area contributed by atoms with Gasteiger partial charge in [-0.25, -0.2) is 9.37 Å². The van der Waals surface area contributed by atoms with Gasteiger partial charge in [0.1, 0.15) is 12.4 Å². The van der Waals surface area contributed by atoms with Crippen molar-refractivity contribution in [3.63, 3.8) is 0 Å². The molecule has 19 heavy (non-hydrogen) atoms. The van der Waals surface area contributed by atoms with Crippen molar-refractivity contribution in [3.8, 4) is 11.8 Å². The number of ether oxygens (including phenoxy) is 1. The summed E-state index contributed by atoms with van der Waals surface area (Å²) in [5, 5.41) is 11.6. The lowest BCUT2D eigenvalue weighted by Gasteiger charge is -2.08. The molecular weight excluding hydrogens is 245 g/mol. The number of hydrogen-bond acceptors (Lipinski definition) is 4. The van der Waals surface area contributed by atoms with Gasteiger partial charge in [0.25, 0.3) is 0 Å². The molecule has 0 amide bonds. The van der Waals surface area contributed by atoms with Crippen molar-refractivity contribution in [1.29, 1.82) is 5.26 Å². The van der Waals surface area contributed by atoms with E-state index in [1.54, 1.807) is 13.1 Å². The number of benzene rings is 1. The number of nitrogens with one attached hydrogen (secondary N) is 1. The van der Waals surface area contributed by atoms with Crippen LogP contribution >= 0.6 is 0 Å². The predicted octanol–water partition coefficient (Wildman–Crippen LogP) is 2.71. The van der Waals surface area contributed by atoms with E-state index in [2.05, 4.69) is 10.3 Å². The van der Waals surface area contributed by atoms with E-state index in [9.17, 15) is 4.39 Å². The number of nitriles is 1. The predicted molar refractivity (Wildman–Crippen MR) is 69.2 cm³/mol. The van der Waals surface area contributed by atoms with Crippen molar-refractivity contribution >= 4 is 5.82 Å². The molecule has 0 radical (unpaired) electrons. The Hall–Kier alpha value is -2.61. The number of aromatic nitrogens is 1. The van der Waals surface area contributed by atoms with Crippen LogP contribution in [0.3, 0.4) is 0 Å². The maximum absolute atomic E-state index is 13.6. The molecule has 0 spiro atoms. The molecule has 4 nitrogen and oxygen atoms in total. The van der Waals surface area contributed by atoms with Gasteiger partial charge in [-0.15, -0.1) is 0 Å². The molecule has 1 heterocycles. The number of pyridine rings is 1. The molecule has 0 saturated carbocycles. The number of halogens is 1. The molecule has 0 bridgehead atoms. The van der Waals surface area contributed by atoms with Crippen LogP contribution in [0.4, 0.5) is 10.2 Å². The van der Waals surface area contributed by atoms with Crippen molar-refractivity contribution in [1.82, 2.24) is 4.98 Å². The topological polar surface area (TPSA) is 57.9 Å². The summed E-state index contributed by atoms with van der Waals surface area (Å²) in [6.45, 7) is 0.165. The lowest BCUT2D eigenvalue weighted by molar-refractivity contribution is 0.286. The van der Waals surface area contributed by atoms with Crippen LogP contribution in [0.25, 0.3) is 0 Å². The fourth-order valence-electron chi connectivity index (χ4n) is 1.54. The summed E-state index contributed by atoms with van der Waals surface area (Å²) in [6.07, 6.45) is 0. The molecule has 5 heteroatoms. The Balaban J connectivity index is 2.08. The Morgan fingerprint density at radius 2 is 2.21 bits per heavy atom. The van der Waals surface area contributed by atoms with Crippen molar-refractivity contribution in [2.24, 2.45) is 0 Å². The second-order valence-electron chi connectivity index (χ2n) is 3.81. The minimum Gasteiger partial charge on any atom is -0.484 e. The fraction of sp³-hybridized carbons (Fsp3) is 0.143. The van der Waals surface area contributed by atoms with E-state index in [-0.39, 0.29) is 17.9 Å². The minimum atomic E-state index is -0.552. The highest BCUT2D eigenvalue weighted by Crippen LogP contribution is 2.19. The van der Waals surface area contributed by atoms with E-state index in [4.69, 9.17) is 10.00 Å². The molecule has 1 aromatic carbocycles. The van der Waals surface area contributed by atoms with Gasteiger partial charge >= 0.3 is 0 Å². The first-order chi connectivity index (χ1) is 9.22. The minimum absolute atomic E-state index is 0.107. The van der Waals surface area contributed by atoms with Gasteiger partial charge in [0.2, 0.25) is 0 Å². The van der Waals surface area contributed by atoms with Gasteiger partial charge in [-0.3, -0.25) is 0 Å². The van der Waals surface area contributed by atoms with Gasteiger partial charge in [0, 0.05) is 7.05 Å². The molecule has 2 aromatic rings. The largest absolute Gasteiger partial charge is 0.484 e. The summed E-state index contributed by atoms with van der Waals surface area (Å²) in [6, 6.07) is 11.4. The van der Waals surface area contributed by atoms with Crippen LogP contribution in [-0.4, -0.2) is 12.0 Å². The zero-order valence-electron chi connectivity index (χ0n) is 10.4. The number of nitrogens with zero attached hydrogens (tertiary/aromatic N) is 2. The number of rotatable bonds is 4. The van der Waals surface area contributed by atoms with Gasteiger partial charge in [-0.05, 0) is 30.3 Å². The monoisotopic (exact) mass is 257 g/mol. The zero-order valence-corrected chi connectivity index (χ0v) is 10.4. The second-order valence-corrected chi connectivity index (χ2v) is 3.81. The standard InChI is InChI=1S/C14H12FN3O/c1-17-14-4-2-3-11(18-14)9-19-13-6-5-10(8-16)7-12(13)15/h2-7H,9H2,1H3,(H,17,18). The first-order valence-electron chi connectivity index (χ1n) is 5.69. The molecular formula is C14H12FN3O. The quantitative estimate of drug-likeness (QED) is 0.914. The summed E-state index contributed by atoms with van der Waals surface area (Å²) < 4.78 is 18.9. The smallest absolute Gasteiger partial charge is 0.166 e. The maximum Gasteiger partial charge on any atom is 0.166 e. The highest BCUT2D eigenvalue weighted by Gasteiger charge is 2.05. The maximum atomic E-state index is 13.6. The molecule has 0 atom stereocenters. The van der Waals surface area contributed by atoms with E-state index < -0.39 is 5.82 Å². The lowest BCUT2D eigenvalue weighted by atomic mass is 10.2. The third-order valence-electron chi connectivity index (χ3n) is 2.50. The molecule has 1 N–H and O–H groups in total. The van der Waals surface area contributed by atoms with E-state index >= 15 is 0 Å². The van der Waals surface area contributed by atoms with Crippen LogP contribution < -0.4 is 10.1 Å². The van der Waals surface area contributed by atoms with Gasteiger partial charge in [-0.2, -0.15) is 5.26 Å². The van der Waals surface area contributed by atoms with Crippen LogP contribution in [0.15, 0.2) is 36.4 Å². The molecule has 0 aliphatic heterocycles. The van der Waals surface area contributed by atoms with Gasteiger partial charge in [0.15, 0.2) is 11.6 Å². The Bertz CT molecular complexity index is 622. The van der Waals surface area contributed by atoms with Crippen LogP contribution in [-0.2, 0) is 6.61 Å². The first kappa shape index (κ1) is 12.8. The molecule has 0 aliphatic carbocycles. The first-order valence-corrected chi connectivity index (χ1v) is 5.69. The van der Waals surface area contributed by atoms with Crippen LogP contribution in [0.5, 0.6) is 5.75 Å². The molecule has 96 valence electrons. The highest BCUT2D eigenvalue weighted by molar-refractivity contribution is 5.36. The summed E-state index contributed by atoms with van der Waals surface area (Å²) >= 11 is 0. The number of hydrogen-bond donors (Lipinski definition) is 1. The van der Waals surface area contributed by atoms with Crippen LogP contribution in [0.2, 0.25) is 0 Å². The second kappa shape index (κ2) is 5.83. The van der Waals surface area contributed by atoms with Crippen LogP contribution in [0, 0.1) is 17.1 Å². The normalized spacial score (nSPS) is 9.74. The average molecular weight is 257 g/mol. The van der Waals surface area contributed by atoms with Crippen molar-refractivity contribution in [2.75, 3.05) is 12.4 Å². The third-order valence-corrected chi connectivity index (χ3v) is 2.50. The van der Waals surface area contributed by atoms with Crippen molar-refractivity contribution in [2.45, 2.75) is 6.61 Å². The summed E-state index contributed by atoms with van der Waals surface area (Å²) in [5.74, 6) is 0.279. The Labute approximate surface area is 110 Å². The SMILES string of the molecule is CNc1cccc(COc2ccc(C#N)cc2F)n1. The third kappa shape index (κ3) is 3.19. The van der Waals surface area contributed by atoms with Crippen molar-refractivity contribution < 1.29 is 9.13 Å². The van der Waals surface area contributed by atoms with E-state index in [1.807, 2.05) is 18.2 Å². The van der Waals surface area contributed by atoms with Gasteiger partial charge in [-0.1, -0.05) is 6.07 Å². The fourth-order valence-corrected chi connectivity index (χ4v) is 1.54. The van der Waals surface area contributed by atoms with E-state index in [0.717, 1.165) is 11.9 Å². The molecule has 0 saturated heterocycles. The zero-order chi connectivity index (χ0) is 13.7. The van der Waals surface area contributed by atoms with Gasteiger partial charge in [0.05, 0.1) is 17.3 Å². The molecule has 0 fully saturated rings. The Morgan fingerprint density at radius 3 is 2.89 bits per heavy atom. The lowest BCUT2D eigenvalue weighted by Crippen LogP contribution is -2.02. The highest BCUT2D eigenvalue weighted by atomic mass is 19.1. The van der Waals surface area contributed by atoms with E-state index in [1.165, 1.54) is 12.1 Å². The van der Waals surface area contributed by atoms with Crippen LogP contribution in [0.1, 0.15) is 11.3 Å². The molecule has 1 aromatic heterocycles. The average Bonchev–Trinajstić information content (AvgIpc) is 2.46. The molecule has 0 unspecified atom stereocenters.